The Morgan fingerprint density at radius 1 is 0.950 bits per heavy atom. The Morgan fingerprint density at radius 2 is 1.35 bits per heavy atom. The Morgan fingerprint density at radius 3 is 1.75 bits per heavy atom. The minimum absolute atomic E-state index is 0.365. The molecule has 0 fully saturated rings. The lowest BCUT2D eigenvalue weighted by molar-refractivity contribution is 0.467. The maximum Gasteiger partial charge on any atom is 0.300 e. The van der Waals surface area contributed by atoms with Gasteiger partial charge in [-0.2, -0.15) is 8.42 Å². The van der Waals surface area contributed by atoms with Crippen LogP contribution in [0.25, 0.3) is 0 Å². The van der Waals surface area contributed by atoms with E-state index in [1.54, 1.807) is 0 Å². The molecular formula is C13H25Cl3O3S. The zero-order chi connectivity index (χ0) is 15.6. The molecule has 20 heavy (non-hydrogen) atoms. The Hall–Kier alpha value is 0.780. The molecular weight excluding hydrogens is 343 g/mol. The molecule has 7 heteroatoms. The quantitative estimate of drug-likeness (QED) is 0.280. The van der Waals surface area contributed by atoms with Gasteiger partial charge < -0.3 is 0 Å². The predicted molar refractivity (Wildman–Crippen MR) is 87.5 cm³/mol. The Bertz CT molecular complexity index is 345. The molecule has 3 nitrogen and oxygen atoms in total. The molecule has 0 aliphatic rings. The molecule has 1 unspecified atom stereocenters. The van der Waals surface area contributed by atoms with Gasteiger partial charge in [0.05, 0.1) is 5.38 Å². The Kier molecular flexibility index (Phi) is 10.9. The summed E-state index contributed by atoms with van der Waals surface area (Å²) in [4.78, 5) is 0. The average molecular weight is 368 g/mol. The second-order valence-electron chi connectivity index (χ2n) is 5.12. The highest BCUT2D eigenvalue weighted by Crippen LogP contribution is 2.37. The van der Waals surface area contributed by atoms with Crippen LogP contribution in [0.15, 0.2) is 0 Å². The van der Waals surface area contributed by atoms with Crippen molar-refractivity contribution >= 4 is 44.9 Å². The van der Waals surface area contributed by atoms with Crippen LogP contribution >= 0.6 is 34.8 Å². The van der Waals surface area contributed by atoms with Gasteiger partial charge in [0, 0.05) is 0 Å². The van der Waals surface area contributed by atoms with Crippen LogP contribution < -0.4 is 0 Å². The molecule has 0 amide bonds. The Balaban J connectivity index is 3.66. The van der Waals surface area contributed by atoms with Crippen LogP contribution in [0.3, 0.4) is 0 Å². The van der Waals surface area contributed by atoms with E-state index in [9.17, 15) is 8.42 Å². The number of alkyl halides is 3. The fourth-order valence-corrected chi connectivity index (χ4v) is 3.12. The molecule has 0 aromatic heterocycles. The number of hydrogen-bond acceptors (Lipinski definition) is 2. The van der Waals surface area contributed by atoms with Gasteiger partial charge in [0.15, 0.2) is 0 Å². The first-order valence-electron chi connectivity index (χ1n) is 7.22. The van der Waals surface area contributed by atoms with Crippen molar-refractivity contribution in [3.63, 3.8) is 0 Å². The third-order valence-corrected chi connectivity index (χ3v) is 6.84. The lowest BCUT2D eigenvalue weighted by Gasteiger charge is -2.21. The molecule has 0 aliphatic heterocycles. The highest BCUT2D eigenvalue weighted by Gasteiger charge is 2.45. The zero-order valence-electron chi connectivity index (χ0n) is 12.0. The summed E-state index contributed by atoms with van der Waals surface area (Å²) in [7, 11) is -4.56. The molecule has 0 aliphatic carbocycles. The maximum absolute atomic E-state index is 11.0. The highest BCUT2D eigenvalue weighted by atomic mass is 35.5. The summed E-state index contributed by atoms with van der Waals surface area (Å²) in [5, 5.41) is -1.01. The summed E-state index contributed by atoms with van der Waals surface area (Å²) in [5.41, 5.74) is 0. The van der Waals surface area contributed by atoms with Crippen molar-refractivity contribution < 1.29 is 13.0 Å². The summed E-state index contributed by atoms with van der Waals surface area (Å²) < 4.78 is 28.5. The molecule has 1 N–H and O–H groups in total. The van der Waals surface area contributed by atoms with Crippen LogP contribution in [-0.4, -0.2) is 22.0 Å². The van der Waals surface area contributed by atoms with E-state index < -0.39 is 19.2 Å². The van der Waals surface area contributed by atoms with Crippen LogP contribution in [0.1, 0.15) is 71.1 Å². The predicted octanol–water partition coefficient (Wildman–Crippen LogP) is 5.53. The Labute approximate surface area is 138 Å². The van der Waals surface area contributed by atoms with E-state index in [0.717, 1.165) is 19.3 Å². The molecule has 0 saturated carbocycles. The van der Waals surface area contributed by atoms with Crippen molar-refractivity contribution in [2.45, 2.75) is 80.2 Å². The van der Waals surface area contributed by atoms with Gasteiger partial charge in [-0.15, -0.1) is 11.6 Å². The van der Waals surface area contributed by atoms with Crippen molar-refractivity contribution in [3.05, 3.63) is 0 Å². The van der Waals surface area contributed by atoms with Crippen molar-refractivity contribution in [1.29, 1.82) is 0 Å². The SMILES string of the molecule is CCCCCCCCCCCC(Cl)C(Cl)(Cl)S(=O)(=O)O. The molecule has 0 aromatic rings. The molecule has 0 saturated heterocycles. The largest absolute Gasteiger partial charge is 0.300 e. The number of unbranched alkanes of at least 4 members (excludes halogenated alkanes) is 8. The lowest BCUT2D eigenvalue weighted by Crippen LogP contribution is -2.35. The number of hydrogen-bond donors (Lipinski definition) is 1. The third kappa shape index (κ3) is 8.28. The van der Waals surface area contributed by atoms with Gasteiger partial charge in [-0.05, 0) is 6.42 Å². The van der Waals surface area contributed by atoms with Crippen LogP contribution in [0.4, 0.5) is 0 Å². The monoisotopic (exact) mass is 366 g/mol. The molecule has 1 atom stereocenters. The lowest BCUT2D eigenvalue weighted by atomic mass is 10.1. The van der Waals surface area contributed by atoms with E-state index in [1.807, 2.05) is 0 Å². The zero-order valence-corrected chi connectivity index (χ0v) is 15.0. The number of halogens is 3. The van der Waals surface area contributed by atoms with E-state index in [2.05, 4.69) is 6.92 Å². The minimum atomic E-state index is -4.56. The summed E-state index contributed by atoms with van der Waals surface area (Å²) in [6.45, 7) is 2.20. The highest BCUT2D eigenvalue weighted by molar-refractivity contribution is 7.90. The summed E-state index contributed by atoms with van der Waals surface area (Å²) in [5.74, 6) is 0. The van der Waals surface area contributed by atoms with Gasteiger partial charge in [0.25, 0.3) is 3.67 Å². The number of rotatable bonds is 12. The standard InChI is InChI=1S/C13H25Cl3O3S/c1-2-3-4-5-6-7-8-9-10-11-12(14)13(15,16)20(17,18)19/h12H,2-11H2,1H3,(H,17,18,19). The normalized spacial score (nSPS) is 14.4. The first kappa shape index (κ1) is 20.8. The van der Waals surface area contributed by atoms with Crippen molar-refractivity contribution in [1.82, 2.24) is 0 Å². The van der Waals surface area contributed by atoms with Crippen molar-refractivity contribution in [3.8, 4) is 0 Å². The van der Waals surface area contributed by atoms with Gasteiger partial charge in [-0.3, -0.25) is 4.55 Å². The van der Waals surface area contributed by atoms with E-state index in [-0.39, 0.29) is 0 Å². The maximum atomic E-state index is 11.0. The minimum Gasteiger partial charge on any atom is -0.283 e. The molecule has 0 bridgehead atoms. The molecule has 122 valence electrons. The molecule has 0 aromatic carbocycles. The summed E-state index contributed by atoms with van der Waals surface area (Å²) >= 11 is 17.0. The topological polar surface area (TPSA) is 54.4 Å². The summed E-state index contributed by atoms with van der Waals surface area (Å²) in [6.07, 6.45) is 10.7. The van der Waals surface area contributed by atoms with Gasteiger partial charge in [-0.1, -0.05) is 87.9 Å². The second kappa shape index (κ2) is 10.5. The van der Waals surface area contributed by atoms with E-state index in [1.165, 1.54) is 38.5 Å². The van der Waals surface area contributed by atoms with Crippen LogP contribution in [-0.2, 0) is 10.1 Å². The summed E-state index contributed by atoms with van der Waals surface area (Å²) in [6, 6.07) is 0. The van der Waals surface area contributed by atoms with Crippen molar-refractivity contribution in [2.75, 3.05) is 0 Å². The second-order valence-corrected chi connectivity index (χ2v) is 9.08. The third-order valence-electron chi connectivity index (χ3n) is 3.27. The smallest absolute Gasteiger partial charge is 0.283 e. The van der Waals surface area contributed by atoms with Gasteiger partial charge in [0.1, 0.15) is 0 Å². The van der Waals surface area contributed by atoms with Gasteiger partial charge in [-0.25, -0.2) is 0 Å². The first-order chi connectivity index (χ1) is 9.23. The van der Waals surface area contributed by atoms with Crippen LogP contribution in [0.2, 0.25) is 0 Å². The van der Waals surface area contributed by atoms with Crippen LogP contribution in [0, 0.1) is 0 Å². The molecule has 0 radical (unpaired) electrons. The fraction of sp³-hybridized carbons (Fsp3) is 1.00. The molecule has 0 spiro atoms. The van der Waals surface area contributed by atoms with E-state index in [0.29, 0.717) is 6.42 Å². The van der Waals surface area contributed by atoms with Gasteiger partial charge in [0.2, 0.25) is 0 Å². The molecule has 0 rings (SSSR count). The molecule has 0 heterocycles. The van der Waals surface area contributed by atoms with Crippen LogP contribution in [0.5, 0.6) is 0 Å². The fourth-order valence-electron chi connectivity index (χ4n) is 1.96. The first-order valence-corrected chi connectivity index (χ1v) is 9.85. The van der Waals surface area contributed by atoms with Crippen molar-refractivity contribution in [2.24, 2.45) is 0 Å². The average Bonchev–Trinajstić information content (AvgIpc) is 2.35. The van der Waals surface area contributed by atoms with E-state index >= 15 is 0 Å². The van der Waals surface area contributed by atoms with E-state index in [4.69, 9.17) is 39.4 Å². The van der Waals surface area contributed by atoms with Gasteiger partial charge >= 0.3 is 10.1 Å².